The van der Waals surface area contributed by atoms with Crippen LogP contribution < -0.4 is 0 Å². The normalized spacial score (nSPS) is 13.3. The average Bonchev–Trinajstić information content (AvgIpc) is 3.03. The molecule has 1 aliphatic rings. The number of hydrogen-bond acceptors (Lipinski definition) is 2. The van der Waals surface area contributed by atoms with Crippen molar-refractivity contribution in [3.8, 4) is 0 Å². The SMILES string of the molecule is C=C(C1=C(CC)Cc2c(C)c(C)c(C)c(C)c21)c1cc(S)cc(SF)c1. The Morgan fingerprint density at radius 1 is 1.08 bits per heavy atom. The fourth-order valence-corrected chi connectivity index (χ4v) is 4.75. The minimum absolute atomic E-state index is 0.253. The lowest BCUT2D eigenvalue weighted by atomic mass is 9.85. The highest BCUT2D eigenvalue weighted by Gasteiger charge is 2.28. The van der Waals surface area contributed by atoms with Crippen LogP contribution in [0.2, 0.25) is 0 Å². The summed E-state index contributed by atoms with van der Waals surface area (Å²) in [6.45, 7) is 15.5. The van der Waals surface area contributed by atoms with Gasteiger partial charge in [-0.3, -0.25) is 0 Å². The van der Waals surface area contributed by atoms with Crippen molar-refractivity contribution in [3.63, 3.8) is 0 Å². The molecule has 0 heterocycles. The van der Waals surface area contributed by atoms with Crippen molar-refractivity contribution in [1.82, 2.24) is 0 Å². The first-order valence-corrected chi connectivity index (χ1v) is 10.1. The van der Waals surface area contributed by atoms with Crippen LogP contribution in [0.1, 0.15) is 52.3 Å². The predicted octanol–water partition coefficient (Wildman–Crippen LogP) is 7.62. The van der Waals surface area contributed by atoms with E-state index >= 15 is 0 Å². The van der Waals surface area contributed by atoms with Crippen molar-refractivity contribution in [2.45, 2.75) is 57.3 Å². The first-order valence-electron chi connectivity index (χ1n) is 8.94. The molecule has 0 unspecified atom stereocenters. The molecule has 0 atom stereocenters. The second-order valence-corrected chi connectivity index (χ2v) is 8.28. The lowest BCUT2D eigenvalue weighted by molar-refractivity contribution is 0.933. The molecule has 1 aliphatic carbocycles. The predicted molar refractivity (Wildman–Crippen MR) is 116 cm³/mol. The number of benzene rings is 2. The zero-order chi connectivity index (χ0) is 19.2. The standard InChI is InChI=1S/C23H25FS2/c1-7-17-10-21-14(4)12(2)13(3)15(5)23(21)22(17)16(6)18-8-19(25)11-20(9-18)26-24/h8-9,11,25H,6-7,10H2,1-5H3. The number of halogens is 1. The second-order valence-electron chi connectivity index (χ2n) is 7.13. The number of hydrogen-bond donors (Lipinski definition) is 1. The van der Waals surface area contributed by atoms with E-state index in [1.807, 2.05) is 12.1 Å². The highest BCUT2D eigenvalue weighted by Crippen LogP contribution is 2.46. The van der Waals surface area contributed by atoms with Crippen LogP contribution in [0.5, 0.6) is 0 Å². The molecule has 0 saturated carbocycles. The van der Waals surface area contributed by atoms with Gasteiger partial charge in [-0.1, -0.05) is 19.1 Å². The summed E-state index contributed by atoms with van der Waals surface area (Å²) in [5.41, 5.74) is 12.8. The Kier molecular flexibility index (Phi) is 5.41. The summed E-state index contributed by atoms with van der Waals surface area (Å²) in [6, 6.07) is 5.59. The molecular weight excluding hydrogens is 359 g/mol. The molecule has 136 valence electrons. The van der Waals surface area contributed by atoms with Gasteiger partial charge in [0.15, 0.2) is 0 Å². The van der Waals surface area contributed by atoms with Crippen molar-refractivity contribution in [2.24, 2.45) is 0 Å². The first kappa shape index (κ1) is 19.3. The topological polar surface area (TPSA) is 0 Å². The first-order chi connectivity index (χ1) is 12.3. The molecule has 2 aromatic rings. The van der Waals surface area contributed by atoms with Gasteiger partial charge in [-0.05, 0) is 109 Å². The van der Waals surface area contributed by atoms with Gasteiger partial charge < -0.3 is 0 Å². The van der Waals surface area contributed by atoms with E-state index in [1.54, 1.807) is 6.07 Å². The van der Waals surface area contributed by atoms with E-state index in [4.69, 9.17) is 0 Å². The Labute approximate surface area is 166 Å². The zero-order valence-electron chi connectivity index (χ0n) is 16.1. The van der Waals surface area contributed by atoms with Gasteiger partial charge in [-0.2, -0.15) is 3.89 Å². The van der Waals surface area contributed by atoms with E-state index < -0.39 is 0 Å². The average molecular weight is 385 g/mol. The molecule has 0 nitrogen and oxygen atoms in total. The van der Waals surface area contributed by atoms with Gasteiger partial charge >= 0.3 is 0 Å². The van der Waals surface area contributed by atoms with Crippen LogP contribution in [0.25, 0.3) is 11.1 Å². The Bertz CT molecular complexity index is 951. The Morgan fingerprint density at radius 3 is 2.35 bits per heavy atom. The highest BCUT2D eigenvalue weighted by atomic mass is 32.2. The molecule has 0 aliphatic heterocycles. The summed E-state index contributed by atoms with van der Waals surface area (Å²) in [4.78, 5) is 1.33. The molecule has 0 amide bonds. The summed E-state index contributed by atoms with van der Waals surface area (Å²) in [7, 11) is 0. The molecule has 26 heavy (non-hydrogen) atoms. The van der Waals surface area contributed by atoms with Crippen LogP contribution in [0.4, 0.5) is 3.89 Å². The summed E-state index contributed by atoms with van der Waals surface area (Å²) >= 11 is 4.70. The quantitative estimate of drug-likeness (QED) is 0.529. The van der Waals surface area contributed by atoms with Gasteiger partial charge in [-0.15, -0.1) is 12.6 Å². The largest absolute Gasteiger partial charge is 0.160 e. The maximum atomic E-state index is 13.2. The fourth-order valence-electron chi connectivity index (χ4n) is 4.04. The van der Waals surface area contributed by atoms with Gasteiger partial charge in [-0.25, -0.2) is 0 Å². The second kappa shape index (κ2) is 7.28. The van der Waals surface area contributed by atoms with E-state index in [9.17, 15) is 3.89 Å². The van der Waals surface area contributed by atoms with Crippen molar-refractivity contribution in [1.29, 1.82) is 0 Å². The van der Waals surface area contributed by atoms with Crippen molar-refractivity contribution >= 4 is 35.9 Å². The van der Waals surface area contributed by atoms with E-state index in [2.05, 4.69) is 53.8 Å². The number of fused-ring (bicyclic) bond motifs is 1. The number of rotatable bonds is 4. The van der Waals surface area contributed by atoms with Gasteiger partial charge in [0.1, 0.15) is 0 Å². The molecule has 0 spiro atoms. The van der Waals surface area contributed by atoms with E-state index in [-0.39, 0.29) is 12.1 Å². The molecule has 0 fully saturated rings. The van der Waals surface area contributed by atoms with Gasteiger partial charge in [0.05, 0.1) is 12.1 Å². The highest BCUT2D eigenvalue weighted by molar-refractivity contribution is 7.94. The summed E-state index contributed by atoms with van der Waals surface area (Å²) in [6.07, 6.45) is 1.98. The van der Waals surface area contributed by atoms with Crippen LogP contribution in [0, 0.1) is 27.7 Å². The lowest BCUT2D eigenvalue weighted by Crippen LogP contribution is -2.01. The maximum Gasteiger partial charge on any atom is 0.0812 e. The van der Waals surface area contributed by atoms with Crippen molar-refractivity contribution in [2.75, 3.05) is 0 Å². The van der Waals surface area contributed by atoms with Crippen LogP contribution in [0.3, 0.4) is 0 Å². The third-order valence-corrected chi connectivity index (χ3v) is 6.54. The molecule has 0 bridgehead atoms. The smallest absolute Gasteiger partial charge is 0.0812 e. The maximum absolute atomic E-state index is 13.2. The Morgan fingerprint density at radius 2 is 1.73 bits per heavy atom. The van der Waals surface area contributed by atoms with Crippen LogP contribution >= 0.6 is 24.8 Å². The Hall–Kier alpha value is -1.45. The van der Waals surface area contributed by atoms with Gasteiger partial charge in [0.25, 0.3) is 0 Å². The molecule has 0 N–H and O–H groups in total. The third-order valence-electron chi connectivity index (χ3n) is 5.87. The third kappa shape index (κ3) is 3.05. The number of allylic oxidation sites excluding steroid dienone is 3. The monoisotopic (exact) mass is 384 g/mol. The lowest BCUT2D eigenvalue weighted by Gasteiger charge is -2.19. The van der Waals surface area contributed by atoms with Crippen molar-refractivity contribution in [3.05, 3.63) is 69.3 Å². The minimum Gasteiger partial charge on any atom is -0.160 e. The molecule has 0 aromatic heterocycles. The van der Waals surface area contributed by atoms with E-state index in [0.717, 1.165) is 28.9 Å². The van der Waals surface area contributed by atoms with Gasteiger partial charge in [0.2, 0.25) is 0 Å². The van der Waals surface area contributed by atoms with Crippen LogP contribution in [-0.2, 0) is 6.42 Å². The van der Waals surface area contributed by atoms with Crippen LogP contribution in [-0.4, -0.2) is 0 Å². The van der Waals surface area contributed by atoms with E-state index in [1.165, 1.54) is 44.5 Å². The summed E-state index contributed by atoms with van der Waals surface area (Å²) < 4.78 is 13.2. The molecule has 0 saturated heterocycles. The molecule has 0 radical (unpaired) electrons. The summed E-state index contributed by atoms with van der Waals surface area (Å²) in [5.74, 6) is 0. The molecular formula is C23H25FS2. The number of thiol groups is 1. The summed E-state index contributed by atoms with van der Waals surface area (Å²) in [5, 5.41) is 0. The van der Waals surface area contributed by atoms with E-state index in [0.29, 0.717) is 4.90 Å². The van der Waals surface area contributed by atoms with Gasteiger partial charge in [0, 0.05) is 9.79 Å². The zero-order valence-corrected chi connectivity index (χ0v) is 17.8. The van der Waals surface area contributed by atoms with Crippen LogP contribution in [0.15, 0.2) is 40.1 Å². The van der Waals surface area contributed by atoms with Crippen molar-refractivity contribution < 1.29 is 3.89 Å². The molecule has 2 aromatic carbocycles. The minimum atomic E-state index is 0.253. The molecule has 3 rings (SSSR count). The molecule has 3 heteroatoms. The Balaban J connectivity index is 2.23. The fraction of sp³-hybridized carbons (Fsp3) is 0.304.